The fourth-order valence-electron chi connectivity index (χ4n) is 3.13. The van der Waals surface area contributed by atoms with Crippen LogP contribution in [0, 0.1) is 6.92 Å². The Morgan fingerprint density at radius 3 is 2.63 bits per heavy atom. The molecule has 6 heteroatoms. The lowest BCUT2D eigenvalue weighted by Gasteiger charge is -2.28. The van der Waals surface area contributed by atoms with E-state index in [1.165, 1.54) is 11.3 Å². The van der Waals surface area contributed by atoms with Gasteiger partial charge in [-0.15, -0.1) is 11.3 Å². The maximum absolute atomic E-state index is 13.2. The summed E-state index contributed by atoms with van der Waals surface area (Å²) in [5, 5.41) is 2.86. The lowest BCUT2D eigenvalue weighted by molar-refractivity contribution is 0.0669. The molecule has 30 heavy (non-hydrogen) atoms. The molecular formula is C24H28N2O3S. The third-order valence-corrected chi connectivity index (χ3v) is 5.87. The number of nitrogens with zero attached hydrogens (tertiary/aromatic N) is 2. The summed E-state index contributed by atoms with van der Waals surface area (Å²) in [5.41, 5.74) is 2.67. The Kier molecular flexibility index (Phi) is 7.46. The minimum absolute atomic E-state index is 0.0351. The number of carbonyl (C=O) groups excluding carboxylic acids is 1. The number of benzene rings is 2. The first-order valence-corrected chi connectivity index (χ1v) is 11.0. The maximum atomic E-state index is 13.2. The number of hydrogen-bond acceptors (Lipinski definition) is 5. The van der Waals surface area contributed by atoms with Gasteiger partial charge in [-0.1, -0.05) is 36.8 Å². The van der Waals surface area contributed by atoms with E-state index in [4.69, 9.17) is 9.47 Å². The van der Waals surface area contributed by atoms with E-state index in [1.54, 1.807) is 7.11 Å². The number of amides is 1. The van der Waals surface area contributed by atoms with E-state index in [2.05, 4.69) is 18.8 Å². The molecule has 1 heterocycles. The second-order valence-corrected chi connectivity index (χ2v) is 8.17. The van der Waals surface area contributed by atoms with Crippen molar-refractivity contribution in [3.63, 3.8) is 0 Å². The van der Waals surface area contributed by atoms with Crippen LogP contribution in [0.25, 0.3) is 0 Å². The van der Waals surface area contributed by atoms with Crippen molar-refractivity contribution in [2.24, 2.45) is 0 Å². The molecule has 158 valence electrons. The summed E-state index contributed by atoms with van der Waals surface area (Å²) in [6.07, 6.45) is 0.880. The zero-order valence-electron chi connectivity index (χ0n) is 17.9. The lowest BCUT2D eigenvalue weighted by atomic mass is 10.1. The van der Waals surface area contributed by atoms with Crippen LogP contribution in [0.4, 0.5) is 0 Å². The Balaban J connectivity index is 1.70. The maximum Gasteiger partial charge on any atom is 0.254 e. The van der Waals surface area contributed by atoms with E-state index in [0.29, 0.717) is 30.2 Å². The zero-order valence-corrected chi connectivity index (χ0v) is 18.7. The van der Waals surface area contributed by atoms with Crippen LogP contribution in [0.5, 0.6) is 11.5 Å². The van der Waals surface area contributed by atoms with E-state index in [-0.39, 0.29) is 11.9 Å². The van der Waals surface area contributed by atoms with Gasteiger partial charge in [0.2, 0.25) is 0 Å². The van der Waals surface area contributed by atoms with Crippen molar-refractivity contribution in [2.45, 2.75) is 46.4 Å². The molecule has 2 aromatic carbocycles. The number of carbonyl (C=O) groups is 1. The standard InChI is InChI=1S/C24H28N2O3S/c1-5-18(3)26(24(27)19-10-8-9-17(2)13-19)14-20-16-30-23(25-20)15-29-22-12-7-6-11-21(22)28-4/h6-13,16,18H,5,14-15H2,1-4H3/t18-/m0/s1. The number of aryl methyl sites for hydroxylation is 1. The predicted molar refractivity (Wildman–Crippen MR) is 120 cm³/mol. The molecule has 0 saturated heterocycles. The molecule has 0 fully saturated rings. The molecule has 3 aromatic rings. The zero-order chi connectivity index (χ0) is 21.5. The second-order valence-electron chi connectivity index (χ2n) is 7.23. The van der Waals surface area contributed by atoms with Crippen molar-refractivity contribution in [3.8, 4) is 11.5 Å². The Labute approximate surface area is 182 Å². The quantitative estimate of drug-likeness (QED) is 0.456. The average Bonchev–Trinajstić information content (AvgIpc) is 3.22. The molecule has 0 aliphatic rings. The first-order valence-electron chi connectivity index (χ1n) is 10.1. The highest BCUT2D eigenvalue weighted by Gasteiger charge is 2.22. The summed E-state index contributed by atoms with van der Waals surface area (Å²) in [6, 6.07) is 15.4. The molecule has 0 unspecified atom stereocenters. The summed E-state index contributed by atoms with van der Waals surface area (Å²) in [4.78, 5) is 19.7. The summed E-state index contributed by atoms with van der Waals surface area (Å²) in [5.74, 6) is 1.42. The molecule has 0 aliphatic heterocycles. The lowest BCUT2D eigenvalue weighted by Crippen LogP contribution is -2.38. The Hall–Kier alpha value is -2.86. The fourth-order valence-corrected chi connectivity index (χ4v) is 3.83. The van der Waals surface area contributed by atoms with Gasteiger partial charge in [0.1, 0.15) is 11.6 Å². The largest absolute Gasteiger partial charge is 0.493 e. The predicted octanol–water partition coefficient (Wildman–Crippen LogP) is 5.48. The van der Waals surface area contributed by atoms with Gasteiger partial charge < -0.3 is 14.4 Å². The van der Waals surface area contributed by atoms with Gasteiger partial charge >= 0.3 is 0 Å². The van der Waals surface area contributed by atoms with Gasteiger partial charge in [0, 0.05) is 17.0 Å². The van der Waals surface area contributed by atoms with Crippen molar-refractivity contribution in [1.29, 1.82) is 0 Å². The molecule has 0 bridgehead atoms. The summed E-state index contributed by atoms with van der Waals surface area (Å²) in [7, 11) is 1.62. The van der Waals surface area contributed by atoms with Crippen LogP contribution in [0.1, 0.15) is 46.9 Å². The molecule has 0 spiro atoms. The van der Waals surface area contributed by atoms with Gasteiger partial charge in [0.25, 0.3) is 5.91 Å². The summed E-state index contributed by atoms with van der Waals surface area (Å²) >= 11 is 1.54. The van der Waals surface area contributed by atoms with Crippen LogP contribution in [-0.4, -0.2) is 28.9 Å². The molecule has 3 rings (SSSR count). The van der Waals surface area contributed by atoms with Crippen LogP contribution in [0.3, 0.4) is 0 Å². The number of thiazole rings is 1. The highest BCUT2D eigenvalue weighted by Crippen LogP contribution is 2.27. The minimum atomic E-state index is 0.0351. The van der Waals surface area contributed by atoms with Crippen LogP contribution in [0.2, 0.25) is 0 Å². The van der Waals surface area contributed by atoms with E-state index in [1.807, 2.05) is 65.7 Å². The van der Waals surface area contributed by atoms with Crippen molar-refractivity contribution < 1.29 is 14.3 Å². The van der Waals surface area contributed by atoms with Crippen molar-refractivity contribution in [1.82, 2.24) is 9.88 Å². The molecule has 1 atom stereocenters. The highest BCUT2D eigenvalue weighted by molar-refractivity contribution is 7.09. The normalized spacial score (nSPS) is 11.7. The molecule has 0 aliphatic carbocycles. The number of hydrogen-bond donors (Lipinski definition) is 0. The van der Waals surface area contributed by atoms with Gasteiger partial charge in [0.15, 0.2) is 11.5 Å². The average molecular weight is 425 g/mol. The SMILES string of the molecule is CC[C@H](C)N(Cc1csc(COc2ccccc2OC)n1)C(=O)c1cccc(C)c1. The smallest absolute Gasteiger partial charge is 0.254 e. The van der Waals surface area contributed by atoms with E-state index in [0.717, 1.165) is 22.7 Å². The van der Waals surface area contributed by atoms with E-state index >= 15 is 0 Å². The molecule has 0 saturated carbocycles. The Morgan fingerprint density at radius 1 is 1.17 bits per heavy atom. The van der Waals surface area contributed by atoms with Crippen molar-refractivity contribution in [2.75, 3.05) is 7.11 Å². The minimum Gasteiger partial charge on any atom is -0.493 e. The molecule has 1 aromatic heterocycles. The number of methoxy groups -OCH3 is 1. The van der Waals surface area contributed by atoms with Crippen LogP contribution in [0.15, 0.2) is 53.9 Å². The number of ether oxygens (including phenoxy) is 2. The fraction of sp³-hybridized carbons (Fsp3) is 0.333. The first-order chi connectivity index (χ1) is 14.5. The molecular weight excluding hydrogens is 396 g/mol. The van der Waals surface area contributed by atoms with Gasteiger partial charge in [-0.3, -0.25) is 4.79 Å². The van der Waals surface area contributed by atoms with E-state index < -0.39 is 0 Å². The third-order valence-electron chi connectivity index (χ3n) is 5.00. The topological polar surface area (TPSA) is 51.7 Å². The third kappa shape index (κ3) is 5.39. The van der Waals surface area contributed by atoms with Gasteiger partial charge in [-0.05, 0) is 44.5 Å². The second kappa shape index (κ2) is 10.3. The van der Waals surface area contributed by atoms with Gasteiger partial charge in [-0.25, -0.2) is 4.98 Å². The van der Waals surface area contributed by atoms with Crippen LogP contribution in [-0.2, 0) is 13.2 Å². The van der Waals surface area contributed by atoms with Crippen molar-refractivity contribution in [3.05, 3.63) is 75.7 Å². The van der Waals surface area contributed by atoms with Gasteiger partial charge in [0.05, 0.1) is 19.3 Å². The number of rotatable bonds is 9. The molecule has 0 N–H and O–H groups in total. The number of para-hydroxylation sites is 2. The Bertz CT molecular complexity index is 986. The summed E-state index contributed by atoms with van der Waals surface area (Å²) < 4.78 is 11.2. The van der Waals surface area contributed by atoms with Crippen molar-refractivity contribution >= 4 is 17.2 Å². The number of aromatic nitrogens is 1. The van der Waals surface area contributed by atoms with Gasteiger partial charge in [-0.2, -0.15) is 0 Å². The van der Waals surface area contributed by atoms with Crippen LogP contribution >= 0.6 is 11.3 Å². The highest BCUT2D eigenvalue weighted by atomic mass is 32.1. The molecule has 0 radical (unpaired) electrons. The molecule has 1 amide bonds. The monoisotopic (exact) mass is 424 g/mol. The summed E-state index contributed by atoms with van der Waals surface area (Å²) in [6.45, 7) is 7.01. The molecule has 5 nitrogen and oxygen atoms in total. The van der Waals surface area contributed by atoms with Crippen LogP contribution < -0.4 is 9.47 Å². The Morgan fingerprint density at radius 2 is 1.93 bits per heavy atom. The first kappa shape index (κ1) is 21.8. The van der Waals surface area contributed by atoms with E-state index in [9.17, 15) is 4.79 Å².